The number of likely N-dealkylation sites (N-methyl/N-ethyl adjacent to an activating group) is 1. The molecule has 1 amide bonds. The fourth-order valence-corrected chi connectivity index (χ4v) is 7.99. The highest BCUT2D eigenvalue weighted by atomic mass is 35.5. The molecule has 3 aliphatic carbocycles. The van der Waals surface area contributed by atoms with E-state index < -0.39 is 50.2 Å². The van der Waals surface area contributed by atoms with Gasteiger partial charge < -0.3 is 20.4 Å². The largest absolute Gasteiger partial charge is 0.392 e. The van der Waals surface area contributed by atoms with E-state index in [1.165, 1.54) is 12.1 Å². The van der Waals surface area contributed by atoms with Crippen molar-refractivity contribution < 1.29 is 36.6 Å². The van der Waals surface area contributed by atoms with Gasteiger partial charge in [-0.25, -0.2) is 21.6 Å². The first-order chi connectivity index (χ1) is 17.2. The Morgan fingerprint density at radius 1 is 1.16 bits per heavy atom. The van der Waals surface area contributed by atoms with Gasteiger partial charge in [-0.2, -0.15) is 0 Å². The van der Waals surface area contributed by atoms with Crippen LogP contribution in [0.15, 0.2) is 35.2 Å². The van der Waals surface area contributed by atoms with Gasteiger partial charge in [0.2, 0.25) is 0 Å². The fraction of sp³-hybridized carbons (Fsp3) is 0.480. The van der Waals surface area contributed by atoms with Crippen molar-refractivity contribution in [1.82, 2.24) is 4.90 Å². The maximum Gasteiger partial charge on any atom is 0.255 e. The highest BCUT2D eigenvalue weighted by Crippen LogP contribution is 2.56. The van der Waals surface area contributed by atoms with Gasteiger partial charge in [0.25, 0.3) is 5.91 Å². The number of hydrogen-bond acceptors (Lipinski definition) is 6. The lowest BCUT2D eigenvalue weighted by molar-refractivity contribution is -0.186. The van der Waals surface area contributed by atoms with Crippen LogP contribution in [-0.4, -0.2) is 66.5 Å². The SMILES string of the molecule is CC(O)CN(C)C[C@]1(O)C2CC1C[C@@H](S(=O)(=O)c1cc(C(=O)Nc3cc(F)c(F)c(F)c3)ccc1Cl)C2. The van der Waals surface area contributed by atoms with E-state index in [2.05, 4.69) is 5.32 Å². The van der Waals surface area contributed by atoms with Gasteiger partial charge in [0.15, 0.2) is 27.3 Å². The van der Waals surface area contributed by atoms with Gasteiger partial charge in [0, 0.05) is 36.5 Å². The van der Waals surface area contributed by atoms with E-state index in [0.29, 0.717) is 31.6 Å². The molecule has 2 bridgehead atoms. The van der Waals surface area contributed by atoms with E-state index >= 15 is 0 Å². The van der Waals surface area contributed by atoms with E-state index in [1.807, 2.05) is 4.90 Å². The molecular weight excluding hydrogens is 533 g/mol. The Morgan fingerprint density at radius 3 is 2.32 bits per heavy atom. The van der Waals surface area contributed by atoms with Crippen LogP contribution in [0.1, 0.15) is 36.5 Å². The van der Waals surface area contributed by atoms with E-state index in [4.69, 9.17) is 11.6 Å². The second-order valence-electron chi connectivity index (χ2n) is 10.2. The van der Waals surface area contributed by atoms with Crippen LogP contribution in [0.4, 0.5) is 18.9 Å². The summed E-state index contributed by atoms with van der Waals surface area (Å²) in [6.07, 6.45) is 0.582. The van der Waals surface area contributed by atoms with Crippen LogP contribution in [0.3, 0.4) is 0 Å². The summed E-state index contributed by atoms with van der Waals surface area (Å²) in [4.78, 5) is 14.2. The predicted molar refractivity (Wildman–Crippen MR) is 132 cm³/mol. The normalized spacial score (nSPS) is 26.0. The molecule has 0 heterocycles. The first kappa shape index (κ1) is 27.8. The monoisotopic (exact) mass is 560 g/mol. The molecule has 37 heavy (non-hydrogen) atoms. The van der Waals surface area contributed by atoms with Crippen molar-refractivity contribution in [2.75, 3.05) is 25.5 Å². The highest BCUT2D eigenvalue weighted by molar-refractivity contribution is 7.92. The van der Waals surface area contributed by atoms with Crippen molar-refractivity contribution in [2.24, 2.45) is 11.8 Å². The van der Waals surface area contributed by atoms with Crippen LogP contribution < -0.4 is 5.32 Å². The third-order valence-electron chi connectivity index (χ3n) is 7.36. The summed E-state index contributed by atoms with van der Waals surface area (Å²) in [6.45, 7) is 2.35. The minimum atomic E-state index is -3.99. The smallest absolute Gasteiger partial charge is 0.255 e. The molecule has 3 unspecified atom stereocenters. The van der Waals surface area contributed by atoms with Gasteiger partial charge >= 0.3 is 0 Å². The van der Waals surface area contributed by atoms with Crippen molar-refractivity contribution in [3.63, 3.8) is 0 Å². The van der Waals surface area contributed by atoms with Crippen LogP contribution in [-0.2, 0) is 9.84 Å². The molecule has 0 spiro atoms. The molecular formula is C25H28ClF3N2O5S. The first-order valence-electron chi connectivity index (χ1n) is 11.8. The number of rotatable bonds is 8. The molecule has 0 saturated heterocycles. The lowest BCUT2D eigenvalue weighted by Gasteiger charge is -2.59. The Balaban J connectivity index is 1.51. The van der Waals surface area contributed by atoms with Crippen molar-refractivity contribution >= 4 is 33.0 Å². The maximum absolute atomic E-state index is 13.5. The molecule has 3 aliphatic rings. The molecule has 5 rings (SSSR count). The predicted octanol–water partition coefficient (Wildman–Crippen LogP) is 3.63. The Labute approximate surface area is 218 Å². The number of amides is 1. The van der Waals surface area contributed by atoms with Gasteiger partial charge in [-0.05, 0) is 63.3 Å². The van der Waals surface area contributed by atoms with Gasteiger partial charge in [0.1, 0.15) is 0 Å². The van der Waals surface area contributed by atoms with Crippen LogP contribution >= 0.6 is 11.6 Å². The molecule has 7 nitrogen and oxygen atoms in total. The standard InChI is InChI=1S/C25H28ClF3N2O5S/c1-13(32)11-31(2)12-25(34)15-6-16(25)8-18(7-15)37(35,36)22-5-14(3-4-19(22)26)24(33)30-17-9-20(27)23(29)21(28)10-17/h3-5,9-10,13,15-16,18,32,34H,6-8,11-12H2,1-2H3,(H,30,33)/t13?,15?,16?,18-,25-. The Kier molecular flexibility index (Phi) is 7.66. The zero-order chi connectivity index (χ0) is 27.3. The minimum absolute atomic E-state index is 0.0819. The zero-order valence-electron chi connectivity index (χ0n) is 20.2. The second-order valence-corrected chi connectivity index (χ2v) is 12.8. The van der Waals surface area contributed by atoms with Crippen molar-refractivity contribution in [3.05, 3.63) is 58.4 Å². The maximum atomic E-state index is 13.5. The number of nitrogens with one attached hydrogen (secondary N) is 1. The van der Waals surface area contributed by atoms with Crippen LogP contribution in [0.5, 0.6) is 0 Å². The molecule has 0 aliphatic heterocycles. The Bertz CT molecular complexity index is 1290. The highest BCUT2D eigenvalue weighted by Gasteiger charge is 2.60. The number of hydrogen-bond donors (Lipinski definition) is 3. The molecule has 3 fully saturated rings. The molecule has 2 aromatic rings. The second kappa shape index (κ2) is 10.2. The quantitative estimate of drug-likeness (QED) is 0.426. The number of carbonyl (C=O) groups excluding carboxylic acids is 1. The summed E-state index contributed by atoms with van der Waals surface area (Å²) in [6, 6.07) is 4.84. The van der Waals surface area contributed by atoms with Crippen molar-refractivity contribution in [3.8, 4) is 0 Å². The minimum Gasteiger partial charge on any atom is -0.392 e. The lowest BCUT2D eigenvalue weighted by Crippen LogP contribution is -2.66. The van der Waals surface area contributed by atoms with E-state index in [0.717, 1.165) is 6.07 Å². The van der Waals surface area contributed by atoms with Crippen molar-refractivity contribution in [1.29, 1.82) is 0 Å². The third-order valence-corrected chi connectivity index (χ3v) is 10.0. The Hall–Kier alpha value is -2.18. The number of aliphatic hydroxyl groups is 2. The molecule has 0 radical (unpaired) electrons. The lowest BCUT2D eigenvalue weighted by atomic mass is 9.53. The van der Waals surface area contributed by atoms with Crippen molar-refractivity contribution in [2.45, 2.75) is 48.0 Å². The third kappa shape index (κ3) is 5.37. The molecule has 12 heteroatoms. The number of halogens is 4. The summed E-state index contributed by atoms with van der Waals surface area (Å²) in [5.74, 6) is -5.98. The van der Waals surface area contributed by atoms with E-state index in [-0.39, 0.29) is 45.8 Å². The summed E-state index contributed by atoms with van der Waals surface area (Å²) in [5, 5.41) is 22.2. The zero-order valence-corrected chi connectivity index (χ0v) is 21.8. The average molecular weight is 561 g/mol. The summed E-state index contributed by atoms with van der Waals surface area (Å²) in [5.41, 5.74) is -1.50. The summed E-state index contributed by atoms with van der Waals surface area (Å²) < 4.78 is 67.2. The number of nitrogens with zero attached hydrogens (tertiary/aromatic N) is 1. The number of anilines is 1. The van der Waals surface area contributed by atoms with Gasteiger partial charge in [0.05, 0.1) is 26.9 Å². The number of sulfone groups is 1. The molecule has 3 N–H and O–H groups in total. The molecule has 0 aromatic heterocycles. The van der Waals surface area contributed by atoms with Gasteiger partial charge in [-0.15, -0.1) is 0 Å². The van der Waals surface area contributed by atoms with Crippen LogP contribution in [0.25, 0.3) is 0 Å². The summed E-state index contributed by atoms with van der Waals surface area (Å²) >= 11 is 6.21. The fourth-order valence-electron chi connectivity index (χ4n) is 5.59. The van der Waals surface area contributed by atoms with Crippen LogP contribution in [0, 0.1) is 29.3 Å². The van der Waals surface area contributed by atoms with E-state index in [9.17, 15) is 36.6 Å². The molecule has 202 valence electrons. The molecule has 2 aromatic carbocycles. The first-order valence-corrected chi connectivity index (χ1v) is 13.7. The number of benzene rings is 2. The van der Waals surface area contributed by atoms with E-state index in [1.54, 1.807) is 14.0 Å². The molecule has 3 atom stereocenters. The average Bonchev–Trinajstić information content (AvgIpc) is 2.81. The number of fused-ring (bicyclic) bond motifs is 2. The van der Waals surface area contributed by atoms with Crippen LogP contribution in [0.2, 0.25) is 5.02 Å². The topological polar surface area (TPSA) is 107 Å². The van der Waals surface area contributed by atoms with Gasteiger partial charge in [-0.1, -0.05) is 11.6 Å². The Morgan fingerprint density at radius 2 is 1.76 bits per heavy atom. The number of aliphatic hydroxyl groups excluding tert-OH is 1. The number of carbonyl (C=O) groups is 1. The summed E-state index contributed by atoms with van der Waals surface area (Å²) in [7, 11) is -2.20. The van der Waals surface area contributed by atoms with Gasteiger partial charge in [-0.3, -0.25) is 4.79 Å². The molecule has 3 saturated carbocycles.